The quantitative estimate of drug-likeness (QED) is 0.940. The number of carboxylic acids is 1. The molecule has 3 rings (SSSR count). The second-order valence-electron chi connectivity index (χ2n) is 4.26. The van der Waals surface area contributed by atoms with Crippen LogP contribution in [0.2, 0.25) is 0 Å². The lowest BCUT2D eigenvalue weighted by Crippen LogP contribution is -2.53. The van der Waals surface area contributed by atoms with Crippen LogP contribution in [-0.4, -0.2) is 40.0 Å². The van der Waals surface area contributed by atoms with Gasteiger partial charge >= 0.3 is 5.97 Å². The summed E-state index contributed by atoms with van der Waals surface area (Å²) < 4.78 is 0. The Morgan fingerprint density at radius 2 is 2.16 bits per heavy atom. The van der Waals surface area contributed by atoms with Gasteiger partial charge in [-0.15, -0.1) is 22.7 Å². The maximum absolute atomic E-state index is 12.1. The molecular weight excluding hydrogens is 284 g/mol. The molecule has 1 aliphatic heterocycles. The predicted octanol–water partition coefficient (Wildman–Crippen LogP) is 2.03. The minimum absolute atomic E-state index is 0.184. The van der Waals surface area contributed by atoms with Crippen LogP contribution in [-0.2, 0) is 4.79 Å². The van der Waals surface area contributed by atoms with E-state index in [0.717, 1.165) is 9.88 Å². The van der Waals surface area contributed by atoms with Gasteiger partial charge in [-0.05, 0) is 11.4 Å². The summed E-state index contributed by atoms with van der Waals surface area (Å²) in [6.07, 6.45) is 0. The molecule has 1 fully saturated rings. The number of rotatable bonds is 3. The topological polar surface area (TPSA) is 70.5 Å². The summed E-state index contributed by atoms with van der Waals surface area (Å²) in [6, 6.07) is 3.90. The molecule has 1 amide bonds. The minimum atomic E-state index is -0.846. The monoisotopic (exact) mass is 294 g/mol. The number of aromatic nitrogens is 1. The normalized spacial score (nSPS) is 15.3. The first kappa shape index (κ1) is 12.3. The van der Waals surface area contributed by atoms with Gasteiger partial charge in [0, 0.05) is 18.5 Å². The summed E-state index contributed by atoms with van der Waals surface area (Å²) in [5.74, 6) is -1.46. The molecule has 1 aliphatic rings. The Morgan fingerprint density at radius 1 is 1.37 bits per heavy atom. The summed E-state index contributed by atoms with van der Waals surface area (Å²) >= 11 is 3.01. The van der Waals surface area contributed by atoms with Crippen LogP contribution in [0.1, 0.15) is 10.5 Å². The average Bonchev–Trinajstić information content (AvgIpc) is 2.97. The van der Waals surface area contributed by atoms with Gasteiger partial charge in [0.15, 0.2) is 0 Å². The molecule has 1 saturated heterocycles. The van der Waals surface area contributed by atoms with Crippen molar-refractivity contribution in [3.8, 4) is 9.88 Å². The molecule has 0 atom stereocenters. The molecule has 3 heterocycles. The average molecular weight is 294 g/mol. The van der Waals surface area contributed by atoms with Gasteiger partial charge in [-0.2, -0.15) is 0 Å². The Bertz CT molecular complexity index is 615. The molecule has 7 heteroatoms. The standard InChI is InChI=1S/C12H10N2O3S2/c15-11(14-4-7(5-14)12(16)17)8-6-19-10(13-8)9-2-1-3-18-9/h1-3,6-7H,4-5H2,(H,16,17). The van der Waals surface area contributed by atoms with E-state index in [0.29, 0.717) is 5.69 Å². The highest BCUT2D eigenvalue weighted by atomic mass is 32.1. The molecule has 5 nitrogen and oxygen atoms in total. The molecule has 98 valence electrons. The van der Waals surface area contributed by atoms with Crippen molar-refractivity contribution in [2.45, 2.75) is 0 Å². The van der Waals surface area contributed by atoms with Crippen LogP contribution in [0.25, 0.3) is 9.88 Å². The molecular formula is C12H10N2O3S2. The van der Waals surface area contributed by atoms with E-state index >= 15 is 0 Å². The van der Waals surface area contributed by atoms with Crippen molar-refractivity contribution < 1.29 is 14.7 Å². The third kappa shape index (κ3) is 2.26. The molecule has 0 unspecified atom stereocenters. The fraction of sp³-hybridized carbons (Fsp3) is 0.250. The number of hydrogen-bond acceptors (Lipinski definition) is 5. The van der Waals surface area contributed by atoms with Crippen LogP contribution in [0, 0.1) is 5.92 Å². The van der Waals surface area contributed by atoms with E-state index in [-0.39, 0.29) is 19.0 Å². The highest BCUT2D eigenvalue weighted by Crippen LogP contribution is 2.29. The van der Waals surface area contributed by atoms with Crippen LogP contribution in [0.4, 0.5) is 0 Å². The van der Waals surface area contributed by atoms with E-state index in [1.54, 1.807) is 16.7 Å². The molecule has 1 N–H and O–H groups in total. The molecule has 19 heavy (non-hydrogen) atoms. The number of aliphatic carboxylic acids is 1. The summed E-state index contributed by atoms with van der Waals surface area (Å²) in [5, 5.41) is 13.3. The third-order valence-corrected chi connectivity index (χ3v) is 4.85. The largest absolute Gasteiger partial charge is 0.481 e. The lowest BCUT2D eigenvalue weighted by Gasteiger charge is -2.36. The number of likely N-dealkylation sites (tertiary alicyclic amines) is 1. The van der Waals surface area contributed by atoms with E-state index in [9.17, 15) is 9.59 Å². The molecule has 0 saturated carbocycles. The van der Waals surface area contributed by atoms with Gasteiger partial charge in [0.05, 0.1) is 10.8 Å². The highest BCUT2D eigenvalue weighted by molar-refractivity contribution is 7.20. The van der Waals surface area contributed by atoms with Crippen LogP contribution in [0.3, 0.4) is 0 Å². The van der Waals surface area contributed by atoms with Gasteiger partial charge in [0.2, 0.25) is 0 Å². The lowest BCUT2D eigenvalue weighted by atomic mass is 10.0. The fourth-order valence-electron chi connectivity index (χ4n) is 1.85. The maximum atomic E-state index is 12.1. The Balaban J connectivity index is 1.70. The Hall–Kier alpha value is -1.73. The van der Waals surface area contributed by atoms with E-state index in [1.165, 1.54) is 16.2 Å². The number of hydrogen-bond donors (Lipinski definition) is 1. The van der Waals surface area contributed by atoms with Crippen molar-refractivity contribution in [2.24, 2.45) is 5.92 Å². The molecule has 0 radical (unpaired) electrons. The predicted molar refractivity (Wildman–Crippen MR) is 72.5 cm³/mol. The Morgan fingerprint density at radius 3 is 2.79 bits per heavy atom. The highest BCUT2D eigenvalue weighted by Gasteiger charge is 2.36. The SMILES string of the molecule is O=C(O)C1CN(C(=O)c2csc(-c3cccs3)n2)C1. The molecule has 0 aromatic carbocycles. The van der Waals surface area contributed by atoms with Gasteiger partial charge < -0.3 is 10.0 Å². The molecule has 2 aromatic rings. The zero-order valence-corrected chi connectivity index (χ0v) is 11.4. The first-order chi connectivity index (χ1) is 9.15. The Kier molecular flexibility index (Phi) is 3.08. The van der Waals surface area contributed by atoms with Crippen LogP contribution in [0.5, 0.6) is 0 Å². The first-order valence-electron chi connectivity index (χ1n) is 5.66. The van der Waals surface area contributed by atoms with E-state index in [4.69, 9.17) is 5.11 Å². The Labute approximate surface area is 117 Å². The second kappa shape index (κ2) is 4.75. The second-order valence-corrected chi connectivity index (χ2v) is 6.07. The summed E-state index contributed by atoms with van der Waals surface area (Å²) in [5.41, 5.74) is 0.400. The number of carbonyl (C=O) groups excluding carboxylic acids is 1. The molecule has 2 aromatic heterocycles. The van der Waals surface area contributed by atoms with Crippen molar-refractivity contribution >= 4 is 34.6 Å². The molecule has 0 spiro atoms. The number of carbonyl (C=O) groups is 2. The summed E-state index contributed by atoms with van der Waals surface area (Å²) in [7, 11) is 0. The van der Waals surface area contributed by atoms with Crippen molar-refractivity contribution in [1.82, 2.24) is 9.88 Å². The van der Waals surface area contributed by atoms with Crippen molar-refractivity contribution in [2.75, 3.05) is 13.1 Å². The summed E-state index contributed by atoms with van der Waals surface area (Å²) in [4.78, 5) is 29.6. The van der Waals surface area contributed by atoms with E-state index in [2.05, 4.69) is 4.98 Å². The van der Waals surface area contributed by atoms with Crippen LogP contribution >= 0.6 is 22.7 Å². The van der Waals surface area contributed by atoms with Crippen molar-refractivity contribution in [3.05, 3.63) is 28.6 Å². The fourth-order valence-corrected chi connectivity index (χ4v) is 3.46. The van der Waals surface area contributed by atoms with Crippen LogP contribution < -0.4 is 0 Å². The summed E-state index contributed by atoms with van der Waals surface area (Å²) in [6.45, 7) is 0.556. The number of amides is 1. The first-order valence-corrected chi connectivity index (χ1v) is 7.42. The molecule has 0 aliphatic carbocycles. The van der Waals surface area contributed by atoms with Crippen molar-refractivity contribution in [1.29, 1.82) is 0 Å². The van der Waals surface area contributed by atoms with E-state index in [1.807, 2.05) is 17.5 Å². The van der Waals surface area contributed by atoms with Gasteiger partial charge in [-0.1, -0.05) is 6.07 Å². The zero-order chi connectivity index (χ0) is 13.4. The number of carboxylic acid groups (broad SMARTS) is 1. The lowest BCUT2D eigenvalue weighted by molar-refractivity contribution is -0.146. The smallest absolute Gasteiger partial charge is 0.310 e. The number of thiophene rings is 1. The van der Waals surface area contributed by atoms with Gasteiger partial charge in [0.1, 0.15) is 10.7 Å². The number of nitrogens with zero attached hydrogens (tertiary/aromatic N) is 2. The van der Waals surface area contributed by atoms with Gasteiger partial charge in [0.25, 0.3) is 5.91 Å². The molecule has 0 bridgehead atoms. The van der Waals surface area contributed by atoms with Crippen molar-refractivity contribution in [3.63, 3.8) is 0 Å². The minimum Gasteiger partial charge on any atom is -0.481 e. The van der Waals surface area contributed by atoms with Gasteiger partial charge in [-0.25, -0.2) is 4.98 Å². The van der Waals surface area contributed by atoms with Crippen LogP contribution in [0.15, 0.2) is 22.9 Å². The van der Waals surface area contributed by atoms with Gasteiger partial charge in [-0.3, -0.25) is 9.59 Å². The third-order valence-electron chi connectivity index (χ3n) is 2.97. The maximum Gasteiger partial charge on any atom is 0.310 e. The zero-order valence-electron chi connectivity index (χ0n) is 9.78. The number of thiazole rings is 1. The van der Waals surface area contributed by atoms with E-state index < -0.39 is 11.9 Å².